The summed E-state index contributed by atoms with van der Waals surface area (Å²) in [6.07, 6.45) is 0. The first-order chi connectivity index (χ1) is 14.7. The molecule has 0 spiro atoms. The minimum Gasteiger partial charge on any atom is -0.496 e. The van der Waals surface area contributed by atoms with Crippen LogP contribution in [0.15, 0.2) is 88.8 Å². The van der Waals surface area contributed by atoms with Gasteiger partial charge in [0.15, 0.2) is 0 Å². The van der Waals surface area contributed by atoms with Gasteiger partial charge in [0, 0.05) is 22.4 Å². The van der Waals surface area contributed by atoms with Crippen LogP contribution in [0.2, 0.25) is 5.02 Å². The molecule has 150 valence electrons. The monoisotopic (exact) mass is 434 g/mol. The van der Waals surface area contributed by atoms with E-state index in [1.54, 1.807) is 7.11 Å². The Kier molecular flexibility index (Phi) is 6.21. The highest BCUT2D eigenvalue weighted by Crippen LogP contribution is 2.34. The number of ether oxygens (including phenoxy) is 1. The number of hydrogen-bond donors (Lipinski definition) is 1. The smallest absolute Gasteiger partial charge is 0.252 e. The molecular formula is C24H19ClN2O2S. The van der Waals surface area contributed by atoms with E-state index in [1.807, 2.05) is 78.9 Å². The maximum absolute atomic E-state index is 13.1. The number of halogens is 1. The fraction of sp³-hybridized carbons (Fsp3) is 0.0833. The predicted molar refractivity (Wildman–Crippen MR) is 121 cm³/mol. The lowest BCUT2D eigenvalue weighted by Gasteiger charge is -2.12. The number of carbonyl (C=O) groups is 1. The zero-order valence-electron chi connectivity index (χ0n) is 16.3. The number of aromatic nitrogens is 1. The van der Waals surface area contributed by atoms with Gasteiger partial charge >= 0.3 is 0 Å². The Hall–Kier alpha value is -3.02. The van der Waals surface area contributed by atoms with Gasteiger partial charge in [0.05, 0.1) is 23.2 Å². The summed E-state index contributed by atoms with van der Waals surface area (Å²) in [4.78, 5) is 18.7. The van der Waals surface area contributed by atoms with Crippen LogP contribution in [0.25, 0.3) is 10.9 Å². The summed E-state index contributed by atoms with van der Waals surface area (Å²) < 4.78 is 5.37. The fourth-order valence-corrected chi connectivity index (χ4v) is 4.26. The molecule has 0 aliphatic carbocycles. The van der Waals surface area contributed by atoms with Crippen molar-refractivity contribution < 1.29 is 9.53 Å². The summed E-state index contributed by atoms with van der Waals surface area (Å²) in [6, 6.07) is 24.7. The molecule has 4 nitrogen and oxygen atoms in total. The molecule has 0 radical (unpaired) electrons. The molecule has 0 aliphatic rings. The van der Waals surface area contributed by atoms with Gasteiger partial charge in [0.25, 0.3) is 5.91 Å². The molecule has 1 heterocycles. The zero-order chi connectivity index (χ0) is 20.9. The highest BCUT2D eigenvalue weighted by molar-refractivity contribution is 7.99. The van der Waals surface area contributed by atoms with Gasteiger partial charge in [0.1, 0.15) is 10.8 Å². The van der Waals surface area contributed by atoms with Gasteiger partial charge < -0.3 is 10.1 Å². The van der Waals surface area contributed by atoms with Gasteiger partial charge in [-0.25, -0.2) is 4.98 Å². The maximum atomic E-state index is 13.1. The second kappa shape index (κ2) is 9.20. The van der Waals surface area contributed by atoms with Crippen LogP contribution < -0.4 is 10.1 Å². The van der Waals surface area contributed by atoms with Crippen molar-refractivity contribution in [3.05, 3.63) is 95.0 Å². The second-order valence-corrected chi connectivity index (χ2v) is 8.02. The molecule has 1 amide bonds. The van der Waals surface area contributed by atoms with E-state index in [0.29, 0.717) is 22.2 Å². The summed E-state index contributed by atoms with van der Waals surface area (Å²) in [6.45, 7) is 0.368. The highest BCUT2D eigenvalue weighted by Gasteiger charge is 2.15. The molecule has 0 aliphatic heterocycles. The standard InChI is InChI=1S/C24H19ClN2O2S/c1-29-21-12-6-2-8-16(21)15-26-24(28)18-14-23(27-20-11-5-3-9-17(18)20)30-22-13-7-4-10-19(22)25/h2-14H,15H2,1H3,(H,26,28). The van der Waals surface area contributed by atoms with Crippen molar-refractivity contribution in [2.75, 3.05) is 7.11 Å². The summed E-state index contributed by atoms with van der Waals surface area (Å²) in [5.41, 5.74) is 2.25. The van der Waals surface area contributed by atoms with Crippen LogP contribution in [-0.2, 0) is 6.54 Å². The Balaban J connectivity index is 1.65. The minimum absolute atomic E-state index is 0.166. The van der Waals surface area contributed by atoms with E-state index >= 15 is 0 Å². The number of carbonyl (C=O) groups excluding carboxylic acids is 1. The van der Waals surface area contributed by atoms with Crippen molar-refractivity contribution in [3.63, 3.8) is 0 Å². The molecular weight excluding hydrogens is 416 g/mol. The Morgan fingerprint density at radius 2 is 1.77 bits per heavy atom. The maximum Gasteiger partial charge on any atom is 0.252 e. The number of nitrogens with one attached hydrogen (secondary N) is 1. The normalized spacial score (nSPS) is 10.7. The van der Waals surface area contributed by atoms with E-state index in [-0.39, 0.29) is 5.91 Å². The molecule has 1 aromatic heterocycles. The van der Waals surface area contributed by atoms with Crippen LogP contribution in [0.3, 0.4) is 0 Å². The first kappa shape index (κ1) is 20.3. The lowest BCUT2D eigenvalue weighted by molar-refractivity contribution is 0.0952. The second-order valence-electron chi connectivity index (χ2n) is 6.55. The lowest BCUT2D eigenvalue weighted by atomic mass is 10.1. The summed E-state index contributed by atoms with van der Waals surface area (Å²) >= 11 is 7.74. The van der Waals surface area contributed by atoms with Gasteiger partial charge in [-0.15, -0.1) is 0 Å². The van der Waals surface area contributed by atoms with E-state index in [9.17, 15) is 4.79 Å². The largest absolute Gasteiger partial charge is 0.496 e. The molecule has 6 heteroatoms. The first-order valence-corrected chi connectivity index (χ1v) is 10.6. The third-order valence-corrected chi connectivity index (χ3v) is 6.06. The number of fused-ring (bicyclic) bond motifs is 1. The van der Waals surface area contributed by atoms with Crippen molar-refractivity contribution in [3.8, 4) is 5.75 Å². The third kappa shape index (κ3) is 4.42. The van der Waals surface area contributed by atoms with Crippen LogP contribution in [0.1, 0.15) is 15.9 Å². The van der Waals surface area contributed by atoms with E-state index in [0.717, 1.165) is 27.1 Å². The number of para-hydroxylation sites is 2. The molecule has 3 aromatic carbocycles. The molecule has 0 bridgehead atoms. The highest BCUT2D eigenvalue weighted by atomic mass is 35.5. The molecule has 4 aromatic rings. The van der Waals surface area contributed by atoms with Crippen LogP contribution in [0.5, 0.6) is 5.75 Å². The topological polar surface area (TPSA) is 51.2 Å². The van der Waals surface area contributed by atoms with Gasteiger partial charge in [-0.1, -0.05) is 71.9 Å². The first-order valence-electron chi connectivity index (χ1n) is 9.38. The predicted octanol–water partition coefficient (Wildman–Crippen LogP) is 5.98. The summed E-state index contributed by atoms with van der Waals surface area (Å²) in [7, 11) is 1.62. The lowest BCUT2D eigenvalue weighted by Crippen LogP contribution is -2.23. The molecule has 0 unspecified atom stereocenters. The number of pyridine rings is 1. The molecule has 1 N–H and O–H groups in total. The van der Waals surface area contributed by atoms with E-state index in [4.69, 9.17) is 21.3 Å². The molecule has 0 saturated carbocycles. The van der Waals surface area contributed by atoms with Gasteiger partial charge in [-0.3, -0.25) is 4.79 Å². The molecule has 0 saturated heterocycles. The quantitative estimate of drug-likeness (QED) is 0.405. The zero-order valence-corrected chi connectivity index (χ0v) is 17.8. The Morgan fingerprint density at radius 3 is 2.60 bits per heavy atom. The Labute approximate surface area is 184 Å². The minimum atomic E-state index is -0.166. The van der Waals surface area contributed by atoms with Crippen molar-refractivity contribution >= 4 is 40.2 Å². The van der Waals surface area contributed by atoms with Gasteiger partial charge in [-0.05, 0) is 30.3 Å². The van der Waals surface area contributed by atoms with E-state index < -0.39 is 0 Å². The number of amides is 1. The van der Waals surface area contributed by atoms with Crippen LogP contribution >= 0.6 is 23.4 Å². The SMILES string of the molecule is COc1ccccc1CNC(=O)c1cc(Sc2ccccc2Cl)nc2ccccc12. The van der Waals surface area contributed by atoms with Crippen molar-refractivity contribution in [2.24, 2.45) is 0 Å². The molecule has 0 atom stereocenters. The van der Waals surface area contributed by atoms with Crippen LogP contribution in [0, 0.1) is 0 Å². The number of benzene rings is 3. The number of methoxy groups -OCH3 is 1. The molecule has 4 rings (SSSR count). The van der Waals surface area contributed by atoms with Crippen molar-refractivity contribution in [2.45, 2.75) is 16.5 Å². The van der Waals surface area contributed by atoms with Crippen LogP contribution in [-0.4, -0.2) is 18.0 Å². The van der Waals surface area contributed by atoms with Crippen molar-refractivity contribution in [1.82, 2.24) is 10.3 Å². The summed E-state index contributed by atoms with van der Waals surface area (Å²) in [5, 5.41) is 5.17. The average Bonchev–Trinajstić information content (AvgIpc) is 2.78. The number of rotatable bonds is 6. The van der Waals surface area contributed by atoms with E-state index in [1.165, 1.54) is 11.8 Å². The van der Waals surface area contributed by atoms with Crippen molar-refractivity contribution in [1.29, 1.82) is 0 Å². The average molecular weight is 435 g/mol. The Morgan fingerprint density at radius 1 is 1.03 bits per heavy atom. The number of nitrogens with zero attached hydrogens (tertiary/aromatic N) is 1. The van der Waals surface area contributed by atoms with Gasteiger partial charge in [0.2, 0.25) is 0 Å². The van der Waals surface area contributed by atoms with Gasteiger partial charge in [-0.2, -0.15) is 0 Å². The fourth-order valence-electron chi connectivity index (χ4n) is 3.15. The molecule has 0 fully saturated rings. The third-order valence-electron chi connectivity index (χ3n) is 4.62. The Bertz CT molecular complexity index is 1210. The van der Waals surface area contributed by atoms with Crippen LogP contribution in [0.4, 0.5) is 0 Å². The van der Waals surface area contributed by atoms with E-state index in [2.05, 4.69) is 5.32 Å². The number of hydrogen-bond acceptors (Lipinski definition) is 4. The summed E-state index contributed by atoms with van der Waals surface area (Å²) in [5.74, 6) is 0.577. The molecule has 30 heavy (non-hydrogen) atoms.